The highest BCUT2D eigenvalue weighted by Gasteiger charge is 2.34. The van der Waals surface area contributed by atoms with Crippen molar-refractivity contribution in [1.82, 2.24) is 15.0 Å². The Kier molecular flexibility index (Phi) is 4.87. The van der Waals surface area contributed by atoms with Crippen LogP contribution in [0.5, 0.6) is 0 Å². The number of hydrogen-bond donors (Lipinski definition) is 1. The van der Waals surface area contributed by atoms with Gasteiger partial charge in [-0.1, -0.05) is 11.8 Å². The minimum atomic E-state index is -0.587. The molecule has 132 valence electrons. The number of carbonyl (C=O) groups is 2. The number of thioether (sulfide) groups is 1. The smallest absolute Gasteiger partial charge is 0.285 e. The van der Waals surface area contributed by atoms with E-state index in [0.717, 1.165) is 22.5 Å². The number of carbonyl (C=O) groups excluding carboxylic acids is 2. The number of non-ortho nitro benzene ring substituents is 1. The Morgan fingerprint density at radius 1 is 1.31 bits per heavy atom. The third-order valence-electron chi connectivity index (χ3n) is 3.61. The molecule has 0 atom stereocenters. The molecule has 1 aliphatic rings. The van der Waals surface area contributed by atoms with E-state index in [1.54, 1.807) is 6.08 Å². The second-order valence-electron chi connectivity index (χ2n) is 5.31. The summed E-state index contributed by atoms with van der Waals surface area (Å²) in [6.45, 7) is 0. The fourth-order valence-corrected chi connectivity index (χ4v) is 3.39. The van der Waals surface area contributed by atoms with Crippen molar-refractivity contribution in [2.45, 2.75) is 0 Å². The topological polar surface area (TPSA) is 97.5 Å². The Bertz CT molecular complexity index is 949. The van der Waals surface area contributed by atoms with Gasteiger partial charge >= 0.3 is 0 Å². The fourth-order valence-electron chi connectivity index (χ4n) is 2.22. The Hall–Kier alpha value is -2.98. The van der Waals surface area contributed by atoms with Crippen LogP contribution < -0.4 is 5.43 Å². The van der Waals surface area contributed by atoms with Crippen LogP contribution >= 0.6 is 24.0 Å². The van der Waals surface area contributed by atoms with Crippen molar-refractivity contribution in [2.24, 2.45) is 7.05 Å². The quantitative estimate of drug-likeness (QED) is 0.374. The lowest BCUT2D eigenvalue weighted by Crippen LogP contribution is -2.44. The van der Waals surface area contributed by atoms with Gasteiger partial charge in [-0.05, 0) is 42.6 Å². The third-order valence-corrected chi connectivity index (χ3v) is 4.91. The Balaban J connectivity index is 1.75. The molecule has 3 rings (SSSR count). The molecule has 2 aromatic rings. The molecule has 1 aromatic carbocycles. The summed E-state index contributed by atoms with van der Waals surface area (Å²) in [5, 5.41) is 11.7. The van der Waals surface area contributed by atoms with Gasteiger partial charge in [0, 0.05) is 36.6 Å². The zero-order valence-corrected chi connectivity index (χ0v) is 15.0. The van der Waals surface area contributed by atoms with Crippen LogP contribution in [0.4, 0.5) is 5.69 Å². The summed E-state index contributed by atoms with van der Waals surface area (Å²) in [5.41, 5.74) is 3.31. The molecule has 1 fully saturated rings. The number of nitrogens with zero attached hydrogens (tertiary/aromatic N) is 3. The average Bonchev–Trinajstić information content (AvgIpc) is 3.13. The Morgan fingerprint density at radius 2 is 2.00 bits per heavy atom. The molecule has 0 radical (unpaired) electrons. The summed E-state index contributed by atoms with van der Waals surface area (Å²) in [7, 11) is 1.85. The predicted molar refractivity (Wildman–Crippen MR) is 101 cm³/mol. The van der Waals surface area contributed by atoms with Gasteiger partial charge in [0.15, 0.2) is 4.32 Å². The Labute approximate surface area is 157 Å². The first kappa shape index (κ1) is 17.8. The largest absolute Gasteiger partial charge is 0.351 e. The summed E-state index contributed by atoms with van der Waals surface area (Å²) in [5.74, 6) is -1.02. The minimum Gasteiger partial charge on any atom is -0.351 e. The van der Waals surface area contributed by atoms with E-state index in [2.05, 4.69) is 5.43 Å². The number of amides is 2. The summed E-state index contributed by atoms with van der Waals surface area (Å²) < 4.78 is 2.05. The van der Waals surface area contributed by atoms with E-state index in [1.807, 2.05) is 29.9 Å². The van der Waals surface area contributed by atoms with Crippen molar-refractivity contribution >= 4 is 51.9 Å². The normalized spacial score (nSPS) is 15.6. The molecule has 2 amide bonds. The van der Waals surface area contributed by atoms with Crippen LogP contribution in [0.1, 0.15) is 16.1 Å². The van der Waals surface area contributed by atoms with E-state index in [9.17, 15) is 19.7 Å². The lowest BCUT2D eigenvalue weighted by molar-refractivity contribution is -0.384. The molecule has 10 heteroatoms. The lowest BCUT2D eigenvalue weighted by atomic mass is 10.2. The van der Waals surface area contributed by atoms with Crippen molar-refractivity contribution in [3.05, 3.63) is 68.9 Å². The zero-order chi connectivity index (χ0) is 18.8. The first-order valence-electron chi connectivity index (χ1n) is 7.31. The summed E-state index contributed by atoms with van der Waals surface area (Å²) >= 11 is 6.25. The predicted octanol–water partition coefficient (Wildman–Crippen LogP) is 2.48. The number of hydrazine groups is 1. The van der Waals surface area contributed by atoms with Gasteiger partial charge in [-0.15, -0.1) is 0 Å². The standard InChI is InChI=1S/C16H12N4O4S2/c1-18-8-2-3-12(18)9-13-15(22)19(16(25)26-13)17-14(21)10-4-6-11(7-5-10)20(23)24/h2-9H,1H3,(H,17,21)/b13-9+. The van der Waals surface area contributed by atoms with Gasteiger partial charge in [0.25, 0.3) is 17.5 Å². The maximum Gasteiger partial charge on any atom is 0.285 e. The van der Waals surface area contributed by atoms with Crippen molar-refractivity contribution in [2.75, 3.05) is 0 Å². The van der Waals surface area contributed by atoms with E-state index in [-0.39, 0.29) is 15.6 Å². The first-order valence-corrected chi connectivity index (χ1v) is 8.54. The highest BCUT2D eigenvalue weighted by Crippen LogP contribution is 2.31. The van der Waals surface area contributed by atoms with Gasteiger partial charge in [-0.25, -0.2) is 0 Å². The van der Waals surface area contributed by atoms with Gasteiger partial charge in [0.1, 0.15) is 0 Å². The van der Waals surface area contributed by atoms with Crippen LogP contribution in [-0.2, 0) is 11.8 Å². The molecule has 0 spiro atoms. The molecule has 1 saturated heterocycles. The van der Waals surface area contributed by atoms with Gasteiger partial charge in [-0.3, -0.25) is 25.1 Å². The minimum absolute atomic E-state index is 0.127. The van der Waals surface area contributed by atoms with Gasteiger partial charge < -0.3 is 4.57 Å². The van der Waals surface area contributed by atoms with Crippen LogP contribution in [0.3, 0.4) is 0 Å². The van der Waals surface area contributed by atoms with Crippen LogP contribution in [0.25, 0.3) is 6.08 Å². The number of aryl methyl sites for hydroxylation is 1. The molecule has 2 heterocycles. The molecule has 1 N–H and O–H groups in total. The molecule has 1 aromatic heterocycles. The number of thiocarbonyl (C=S) groups is 1. The van der Waals surface area contributed by atoms with Crippen molar-refractivity contribution in [3.63, 3.8) is 0 Å². The Morgan fingerprint density at radius 3 is 2.58 bits per heavy atom. The second kappa shape index (κ2) is 7.10. The summed E-state index contributed by atoms with van der Waals surface area (Å²) in [4.78, 5) is 35.3. The van der Waals surface area contributed by atoms with Crippen LogP contribution in [0.15, 0.2) is 47.5 Å². The number of nitro benzene ring substituents is 1. The van der Waals surface area contributed by atoms with Gasteiger partial charge in [-0.2, -0.15) is 5.01 Å². The number of nitrogens with one attached hydrogen (secondary N) is 1. The molecule has 0 bridgehead atoms. The number of benzene rings is 1. The highest BCUT2D eigenvalue weighted by atomic mass is 32.2. The molecular formula is C16H12N4O4S2. The number of aromatic nitrogens is 1. The number of hydrogen-bond acceptors (Lipinski definition) is 6. The zero-order valence-electron chi connectivity index (χ0n) is 13.4. The molecule has 8 nitrogen and oxygen atoms in total. The van der Waals surface area contributed by atoms with Gasteiger partial charge in [0.2, 0.25) is 0 Å². The molecule has 0 saturated carbocycles. The lowest BCUT2D eigenvalue weighted by Gasteiger charge is -2.15. The maximum absolute atomic E-state index is 12.5. The van der Waals surface area contributed by atoms with Crippen LogP contribution in [0.2, 0.25) is 0 Å². The number of nitro groups is 1. The highest BCUT2D eigenvalue weighted by molar-refractivity contribution is 8.26. The SMILES string of the molecule is Cn1cccc1/C=C1/SC(=S)N(NC(=O)c2ccc([N+](=O)[O-])cc2)C1=O. The fraction of sp³-hybridized carbons (Fsp3) is 0.0625. The molecular weight excluding hydrogens is 376 g/mol. The van der Waals surface area contributed by atoms with E-state index in [4.69, 9.17) is 12.2 Å². The van der Waals surface area contributed by atoms with Crippen molar-refractivity contribution in [1.29, 1.82) is 0 Å². The van der Waals surface area contributed by atoms with E-state index in [0.29, 0.717) is 4.91 Å². The second-order valence-corrected chi connectivity index (χ2v) is 6.98. The van der Waals surface area contributed by atoms with Crippen molar-refractivity contribution in [3.8, 4) is 0 Å². The van der Waals surface area contributed by atoms with E-state index in [1.165, 1.54) is 24.3 Å². The van der Waals surface area contributed by atoms with E-state index >= 15 is 0 Å². The maximum atomic E-state index is 12.5. The first-order chi connectivity index (χ1) is 12.4. The van der Waals surface area contributed by atoms with E-state index < -0.39 is 16.7 Å². The summed E-state index contributed by atoms with van der Waals surface area (Å²) in [6.07, 6.45) is 3.54. The molecule has 0 unspecified atom stereocenters. The summed E-state index contributed by atoms with van der Waals surface area (Å²) in [6, 6.07) is 8.75. The van der Waals surface area contributed by atoms with Crippen LogP contribution in [0, 0.1) is 10.1 Å². The van der Waals surface area contributed by atoms with Crippen molar-refractivity contribution < 1.29 is 14.5 Å². The molecule has 0 aliphatic carbocycles. The average molecular weight is 388 g/mol. The number of rotatable bonds is 4. The van der Waals surface area contributed by atoms with Crippen LogP contribution in [-0.4, -0.2) is 30.6 Å². The monoisotopic (exact) mass is 388 g/mol. The van der Waals surface area contributed by atoms with Gasteiger partial charge in [0.05, 0.1) is 9.83 Å². The third kappa shape index (κ3) is 3.51. The molecule has 1 aliphatic heterocycles. The molecule has 26 heavy (non-hydrogen) atoms.